The second-order valence-electron chi connectivity index (χ2n) is 5.55. The van der Waals surface area contributed by atoms with Crippen LogP contribution >= 0.6 is 0 Å². The molecule has 0 radical (unpaired) electrons. The SMILES string of the molecule is CNCC1CC(OCC2Cc3cc(F)ccc3O2)C1. The molecule has 19 heavy (non-hydrogen) atoms. The molecule has 0 aromatic heterocycles. The highest BCUT2D eigenvalue weighted by molar-refractivity contribution is 5.37. The lowest BCUT2D eigenvalue weighted by molar-refractivity contribution is -0.0544. The van der Waals surface area contributed by atoms with Crippen LogP contribution in [0.25, 0.3) is 0 Å². The van der Waals surface area contributed by atoms with Gasteiger partial charge in [-0.15, -0.1) is 0 Å². The molecule has 1 saturated carbocycles. The molecule has 0 saturated heterocycles. The molecule has 3 rings (SSSR count). The lowest BCUT2D eigenvalue weighted by atomic mass is 9.82. The predicted octanol–water partition coefficient (Wildman–Crippen LogP) is 2.14. The highest BCUT2D eigenvalue weighted by atomic mass is 19.1. The first-order valence-corrected chi connectivity index (χ1v) is 6.96. The van der Waals surface area contributed by atoms with E-state index in [1.54, 1.807) is 12.1 Å². The number of fused-ring (bicyclic) bond motifs is 1. The van der Waals surface area contributed by atoms with Gasteiger partial charge in [0.05, 0.1) is 12.7 Å². The summed E-state index contributed by atoms with van der Waals surface area (Å²) >= 11 is 0. The number of halogens is 1. The summed E-state index contributed by atoms with van der Waals surface area (Å²) in [7, 11) is 1.98. The number of nitrogens with one attached hydrogen (secondary N) is 1. The maximum atomic E-state index is 13.1. The first-order valence-electron chi connectivity index (χ1n) is 6.96. The van der Waals surface area contributed by atoms with Gasteiger partial charge in [-0.05, 0) is 50.6 Å². The lowest BCUT2D eigenvalue weighted by Gasteiger charge is -2.35. The van der Waals surface area contributed by atoms with E-state index in [2.05, 4.69) is 5.32 Å². The van der Waals surface area contributed by atoms with Crippen molar-refractivity contribution in [3.05, 3.63) is 29.6 Å². The molecule has 1 heterocycles. The summed E-state index contributed by atoms with van der Waals surface area (Å²) in [5, 5.41) is 3.19. The second kappa shape index (κ2) is 5.47. The summed E-state index contributed by atoms with van der Waals surface area (Å²) in [4.78, 5) is 0. The van der Waals surface area contributed by atoms with Gasteiger partial charge in [-0.3, -0.25) is 0 Å². The van der Waals surface area contributed by atoms with E-state index in [9.17, 15) is 4.39 Å². The van der Waals surface area contributed by atoms with E-state index < -0.39 is 0 Å². The van der Waals surface area contributed by atoms with Crippen molar-refractivity contribution in [3.8, 4) is 5.75 Å². The molecule has 0 spiro atoms. The molecule has 4 heteroatoms. The van der Waals surface area contributed by atoms with Crippen LogP contribution in [0.15, 0.2) is 18.2 Å². The van der Waals surface area contributed by atoms with E-state index in [0.717, 1.165) is 43.0 Å². The molecule has 2 aliphatic rings. The Morgan fingerprint density at radius 1 is 1.42 bits per heavy atom. The molecule has 1 N–H and O–H groups in total. The Morgan fingerprint density at radius 2 is 2.26 bits per heavy atom. The summed E-state index contributed by atoms with van der Waals surface area (Å²) in [5.41, 5.74) is 0.954. The molecular formula is C15H20FNO2. The van der Waals surface area contributed by atoms with Crippen molar-refractivity contribution in [2.24, 2.45) is 5.92 Å². The summed E-state index contributed by atoms with van der Waals surface area (Å²) in [6.45, 7) is 1.68. The van der Waals surface area contributed by atoms with Crippen LogP contribution in [0.5, 0.6) is 5.75 Å². The van der Waals surface area contributed by atoms with E-state index in [0.29, 0.717) is 12.7 Å². The second-order valence-corrected chi connectivity index (χ2v) is 5.55. The monoisotopic (exact) mass is 265 g/mol. The zero-order valence-electron chi connectivity index (χ0n) is 11.2. The molecular weight excluding hydrogens is 245 g/mol. The minimum Gasteiger partial charge on any atom is -0.487 e. The molecule has 0 bridgehead atoms. The first kappa shape index (κ1) is 12.9. The fourth-order valence-electron chi connectivity index (χ4n) is 2.89. The molecule has 1 atom stereocenters. The van der Waals surface area contributed by atoms with E-state index >= 15 is 0 Å². The zero-order valence-corrected chi connectivity index (χ0v) is 11.2. The third kappa shape index (κ3) is 2.90. The molecule has 1 fully saturated rings. The molecule has 104 valence electrons. The van der Waals surface area contributed by atoms with Gasteiger partial charge in [-0.25, -0.2) is 4.39 Å². The fraction of sp³-hybridized carbons (Fsp3) is 0.600. The van der Waals surface area contributed by atoms with Crippen LogP contribution in [-0.2, 0) is 11.2 Å². The van der Waals surface area contributed by atoms with Crippen molar-refractivity contribution in [2.45, 2.75) is 31.5 Å². The summed E-state index contributed by atoms with van der Waals surface area (Å²) in [6, 6.07) is 4.70. The molecule has 1 aromatic carbocycles. The van der Waals surface area contributed by atoms with Gasteiger partial charge in [-0.1, -0.05) is 0 Å². The van der Waals surface area contributed by atoms with Gasteiger partial charge in [0.15, 0.2) is 0 Å². The van der Waals surface area contributed by atoms with E-state index in [-0.39, 0.29) is 11.9 Å². The third-order valence-corrected chi connectivity index (χ3v) is 3.97. The summed E-state index contributed by atoms with van der Waals surface area (Å²) < 4.78 is 24.7. The maximum absolute atomic E-state index is 13.1. The average Bonchev–Trinajstić information content (AvgIpc) is 2.73. The number of hydrogen-bond donors (Lipinski definition) is 1. The Bertz CT molecular complexity index is 446. The Hall–Kier alpha value is -1.13. The zero-order chi connectivity index (χ0) is 13.2. The standard InChI is InChI=1S/C15H20FNO2/c1-17-8-10-4-13(5-10)18-9-14-7-11-6-12(16)2-3-15(11)19-14/h2-3,6,10,13-14,17H,4-5,7-9H2,1H3. The van der Waals surface area contributed by atoms with Crippen molar-refractivity contribution in [1.82, 2.24) is 5.32 Å². The van der Waals surface area contributed by atoms with Gasteiger partial charge >= 0.3 is 0 Å². The number of hydrogen-bond acceptors (Lipinski definition) is 3. The van der Waals surface area contributed by atoms with Crippen molar-refractivity contribution in [1.29, 1.82) is 0 Å². The minimum absolute atomic E-state index is 0.0418. The van der Waals surface area contributed by atoms with Crippen LogP contribution in [0.3, 0.4) is 0 Å². The lowest BCUT2D eigenvalue weighted by Crippen LogP contribution is -2.38. The first-order chi connectivity index (χ1) is 9.24. The van der Waals surface area contributed by atoms with Gasteiger partial charge in [0.1, 0.15) is 17.7 Å². The molecule has 0 amide bonds. The molecule has 1 aliphatic heterocycles. The van der Waals surface area contributed by atoms with Gasteiger partial charge in [0.2, 0.25) is 0 Å². The smallest absolute Gasteiger partial charge is 0.126 e. The topological polar surface area (TPSA) is 30.5 Å². The Morgan fingerprint density at radius 3 is 3.05 bits per heavy atom. The fourth-order valence-corrected chi connectivity index (χ4v) is 2.89. The van der Waals surface area contributed by atoms with Crippen molar-refractivity contribution < 1.29 is 13.9 Å². The van der Waals surface area contributed by atoms with Crippen LogP contribution in [0.4, 0.5) is 4.39 Å². The molecule has 1 aromatic rings. The van der Waals surface area contributed by atoms with Crippen LogP contribution in [0.2, 0.25) is 0 Å². The normalized spacial score (nSPS) is 28.6. The van der Waals surface area contributed by atoms with Crippen molar-refractivity contribution in [3.63, 3.8) is 0 Å². The summed E-state index contributed by atoms with van der Waals surface area (Å²) in [6.07, 6.45) is 3.44. The van der Waals surface area contributed by atoms with E-state index in [1.807, 2.05) is 7.05 Å². The Kier molecular flexibility index (Phi) is 3.71. The highest BCUT2D eigenvalue weighted by Gasteiger charge is 2.31. The van der Waals surface area contributed by atoms with Gasteiger partial charge in [-0.2, -0.15) is 0 Å². The predicted molar refractivity (Wildman–Crippen MR) is 70.9 cm³/mol. The van der Waals surface area contributed by atoms with Crippen molar-refractivity contribution >= 4 is 0 Å². The van der Waals surface area contributed by atoms with Gasteiger partial charge < -0.3 is 14.8 Å². The maximum Gasteiger partial charge on any atom is 0.126 e. The summed E-state index contributed by atoms with van der Waals surface area (Å²) in [5.74, 6) is 1.36. The average molecular weight is 265 g/mol. The van der Waals surface area contributed by atoms with Crippen molar-refractivity contribution in [2.75, 3.05) is 20.2 Å². The van der Waals surface area contributed by atoms with Crippen LogP contribution in [0, 0.1) is 11.7 Å². The van der Waals surface area contributed by atoms with E-state index in [1.165, 1.54) is 6.07 Å². The van der Waals surface area contributed by atoms with Crippen LogP contribution < -0.4 is 10.1 Å². The number of benzene rings is 1. The minimum atomic E-state index is -0.196. The van der Waals surface area contributed by atoms with Gasteiger partial charge in [0, 0.05) is 12.0 Å². The third-order valence-electron chi connectivity index (χ3n) is 3.97. The highest BCUT2D eigenvalue weighted by Crippen LogP contribution is 2.32. The molecule has 1 unspecified atom stereocenters. The quantitative estimate of drug-likeness (QED) is 0.885. The number of ether oxygens (including phenoxy) is 2. The number of rotatable bonds is 5. The molecule has 3 nitrogen and oxygen atoms in total. The van der Waals surface area contributed by atoms with Crippen LogP contribution in [0.1, 0.15) is 18.4 Å². The molecule has 1 aliphatic carbocycles. The Labute approximate surface area is 113 Å². The van der Waals surface area contributed by atoms with Crippen LogP contribution in [-0.4, -0.2) is 32.4 Å². The van der Waals surface area contributed by atoms with Gasteiger partial charge in [0.25, 0.3) is 0 Å². The van der Waals surface area contributed by atoms with E-state index in [4.69, 9.17) is 9.47 Å². The largest absolute Gasteiger partial charge is 0.487 e. The Balaban J connectivity index is 1.42.